The van der Waals surface area contributed by atoms with Crippen molar-refractivity contribution in [1.29, 1.82) is 0 Å². The smallest absolute Gasteiger partial charge is 0.425 e. The van der Waals surface area contributed by atoms with Crippen LogP contribution in [0.3, 0.4) is 0 Å². The van der Waals surface area contributed by atoms with Crippen LogP contribution in [-0.2, 0) is 22.6 Å². The number of carbonyl (C=O) groups excluding carboxylic acids is 3. The van der Waals surface area contributed by atoms with Crippen LogP contribution in [0.5, 0.6) is 0 Å². The van der Waals surface area contributed by atoms with Crippen LogP contribution < -0.4 is 10.2 Å². The standard InChI is InChI=1S/C25H27N5O4/c31-23-9-12-28(24(32)30(23)25(33)34-17-19-4-2-1-3-5-19)22-16-27-29-13-8-20(15-21(22)29)14-18-6-10-26-11-7-18/h1-5,8,13,15-16,18,26H,6-7,9-12,14,17H2. The van der Waals surface area contributed by atoms with Crippen molar-refractivity contribution in [2.75, 3.05) is 24.5 Å². The molecular formula is C25H27N5O4. The number of nitrogens with zero attached hydrogens (tertiary/aromatic N) is 4. The van der Waals surface area contributed by atoms with Crippen molar-refractivity contribution < 1.29 is 19.1 Å². The van der Waals surface area contributed by atoms with Gasteiger partial charge in [0.1, 0.15) is 6.61 Å². The van der Waals surface area contributed by atoms with Crippen LogP contribution in [-0.4, -0.2) is 52.2 Å². The zero-order valence-electron chi connectivity index (χ0n) is 18.9. The molecule has 2 fully saturated rings. The highest BCUT2D eigenvalue weighted by molar-refractivity contribution is 6.16. The second-order valence-corrected chi connectivity index (χ2v) is 8.75. The van der Waals surface area contributed by atoms with E-state index in [1.807, 2.05) is 30.5 Å². The van der Waals surface area contributed by atoms with E-state index in [1.54, 1.807) is 22.8 Å². The molecule has 2 saturated heterocycles. The Morgan fingerprint density at radius 1 is 1.09 bits per heavy atom. The monoisotopic (exact) mass is 461 g/mol. The molecule has 1 aromatic carbocycles. The molecule has 1 N–H and O–H groups in total. The Kier molecular flexibility index (Phi) is 6.27. The van der Waals surface area contributed by atoms with E-state index < -0.39 is 18.0 Å². The number of urea groups is 1. The van der Waals surface area contributed by atoms with Gasteiger partial charge in [0.15, 0.2) is 0 Å². The molecule has 5 rings (SSSR count). The molecule has 0 atom stereocenters. The Hall–Kier alpha value is -3.72. The average molecular weight is 462 g/mol. The first kappa shape index (κ1) is 22.1. The van der Waals surface area contributed by atoms with Crippen molar-refractivity contribution in [1.82, 2.24) is 19.8 Å². The molecular weight excluding hydrogens is 434 g/mol. The van der Waals surface area contributed by atoms with E-state index in [1.165, 1.54) is 10.5 Å². The lowest BCUT2D eigenvalue weighted by Crippen LogP contribution is -2.55. The minimum absolute atomic E-state index is 0.0203. The van der Waals surface area contributed by atoms with E-state index in [2.05, 4.69) is 16.5 Å². The number of pyridine rings is 1. The maximum atomic E-state index is 13.2. The van der Waals surface area contributed by atoms with Crippen molar-refractivity contribution in [2.45, 2.75) is 32.3 Å². The number of hydrogen-bond donors (Lipinski definition) is 1. The van der Waals surface area contributed by atoms with E-state index in [0.29, 0.717) is 16.5 Å². The number of piperidine rings is 1. The molecule has 9 nitrogen and oxygen atoms in total. The number of amides is 4. The molecule has 4 heterocycles. The van der Waals surface area contributed by atoms with Crippen molar-refractivity contribution >= 4 is 29.2 Å². The molecule has 0 saturated carbocycles. The number of carbonyl (C=O) groups is 3. The lowest BCUT2D eigenvalue weighted by Gasteiger charge is -2.31. The van der Waals surface area contributed by atoms with E-state index >= 15 is 0 Å². The summed E-state index contributed by atoms with van der Waals surface area (Å²) in [5.41, 5.74) is 3.30. The summed E-state index contributed by atoms with van der Waals surface area (Å²) < 4.78 is 6.97. The first-order valence-electron chi connectivity index (χ1n) is 11.6. The Morgan fingerprint density at radius 2 is 1.88 bits per heavy atom. The number of nitrogens with one attached hydrogen (secondary N) is 1. The number of hydrogen-bond acceptors (Lipinski definition) is 6. The third-order valence-corrected chi connectivity index (χ3v) is 6.45. The molecule has 2 aliphatic rings. The molecule has 34 heavy (non-hydrogen) atoms. The van der Waals surface area contributed by atoms with Crippen LogP contribution in [0, 0.1) is 5.92 Å². The van der Waals surface area contributed by atoms with Gasteiger partial charge in [0, 0.05) is 19.2 Å². The normalized spacial score (nSPS) is 17.4. The predicted octanol–water partition coefficient (Wildman–Crippen LogP) is 3.37. The van der Waals surface area contributed by atoms with Crippen molar-refractivity contribution in [3.05, 3.63) is 66.0 Å². The third kappa shape index (κ3) is 4.51. The molecule has 9 heteroatoms. The Morgan fingerprint density at radius 3 is 2.68 bits per heavy atom. The Labute approximate surface area is 197 Å². The first-order chi connectivity index (χ1) is 16.6. The van der Waals surface area contributed by atoms with Crippen LogP contribution in [0.4, 0.5) is 15.3 Å². The SMILES string of the molecule is O=C1CCN(c2cnn3ccc(CC4CCNCC4)cc23)C(=O)N1C(=O)OCc1ccccc1. The van der Waals surface area contributed by atoms with Gasteiger partial charge in [-0.2, -0.15) is 10.00 Å². The van der Waals surface area contributed by atoms with E-state index in [0.717, 1.165) is 43.4 Å². The van der Waals surface area contributed by atoms with Gasteiger partial charge in [-0.05, 0) is 61.5 Å². The van der Waals surface area contributed by atoms with Gasteiger partial charge in [0.2, 0.25) is 5.91 Å². The lowest BCUT2D eigenvalue weighted by atomic mass is 9.91. The summed E-state index contributed by atoms with van der Waals surface area (Å²) >= 11 is 0. The van der Waals surface area contributed by atoms with Gasteiger partial charge < -0.3 is 10.1 Å². The molecule has 176 valence electrons. The molecule has 3 aromatic rings. The lowest BCUT2D eigenvalue weighted by molar-refractivity contribution is -0.127. The van der Waals surface area contributed by atoms with Crippen molar-refractivity contribution in [3.63, 3.8) is 0 Å². The Bertz CT molecular complexity index is 1200. The molecule has 2 aliphatic heterocycles. The van der Waals surface area contributed by atoms with Gasteiger partial charge >= 0.3 is 12.1 Å². The summed E-state index contributed by atoms with van der Waals surface area (Å²) in [5.74, 6) is 0.0570. The molecule has 2 aromatic heterocycles. The van der Waals surface area contributed by atoms with Gasteiger partial charge in [-0.3, -0.25) is 9.69 Å². The molecule has 4 amide bonds. The molecule has 0 aliphatic carbocycles. The zero-order valence-corrected chi connectivity index (χ0v) is 18.9. The fraction of sp³-hybridized carbons (Fsp3) is 0.360. The summed E-state index contributed by atoms with van der Waals surface area (Å²) in [5, 5.41) is 7.76. The minimum atomic E-state index is -0.966. The molecule has 0 bridgehead atoms. The van der Waals surface area contributed by atoms with E-state index in [4.69, 9.17) is 4.74 Å². The van der Waals surface area contributed by atoms with Crippen LogP contribution in [0.2, 0.25) is 0 Å². The first-order valence-corrected chi connectivity index (χ1v) is 11.6. The summed E-state index contributed by atoms with van der Waals surface area (Å²) in [7, 11) is 0. The summed E-state index contributed by atoms with van der Waals surface area (Å²) in [4.78, 5) is 40.4. The summed E-state index contributed by atoms with van der Waals surface area (Å²) in [6.07, 6.45) is 5.80. The number of benzene rings is 1. The van der Waals surface area contributed by atoms with Gasteiger partial charge in [0.05, 0.1) is 17.4 Å². The largest absolute Gasteiger partial charge is 0.444 e. The van der Waals surface area contributed by atoms with E-state index in [-0.39, 0.29) is 19.6 Å². The third-order valence-electron chi connectivity index (χ3n) is 6.45. The number of anilines is 1. The fourth-order valence-corrected chi connectivity index (χ4v) is 4.60. The van der Waals surface area contributed by atoms with Gasteiger partial charge in [-0.15, -0.1) is 0 Å². The van der Waals surface area contributed by atoms with Crippen molar-refractivity contribution in [3.8, 4) is 0 Å². The van der Waals surface area contributed by atoms with Crippen LogP contribution in [0.25, 0.3) is 5.52 Å². The minimum Gasteiger partial charge on any atom is -0.444 e. The number of fused-ring (bicyclic) bond motifs is 1. The van der Waals surface area contributed by atoms with Crippen LogP contribution in [0.1, 0.15) is 30.4 Å². The fourth-order valence-electron chi connectivity index (χ4n) is 4.60. The molecule has 0 radical (unpaired) electrons. The van der Waals surface area contributed by atoms with Gasteiger partial charge in [0.25, 0.3) is 0 Å². The average Bonchev–Trinajstić information content (AvgIpc) is 3.27. The highest BCUT2D eigenvalue weighted by Gasteiger charge is 2.39. The number of imide groups is 3. The van der Waals surface area contributed by atoms with Crippen LogP contribution in [0.15, 0.2) is 54.9 Å². The number of aromatic nitrogens is 2. The van der Waals surface area contributed by atoms with Crippen molar-refractivity contribution in [2.24, 2.45) is 5.92 Å². The highest BCUT2D eigenvalue weighted by Crippen LogP contribution is 2.28. The second-order valence-electron chi connectivity index (χ2n) is 8.75. The van der Waals surface area contributed by atoms with Gasteiger partial charge in [-0.25, -0.2) is 14.1 Å². The topological polar surface area (TPSA) is 96.3 Å². The van der Waals surface area contributed by atoms with Crippen LogP contribution >= 0.6 is 0 Å². The summed E-state index contributed by atoms with van der Waals surface area (Å²) in [6.45, 7) is 2.24. The second kappa shape index (κ2) is 9.64. The highest BCUT2D eigenvalue weighted by atomic mass is 16.6. The maximum Gasteiger partial charge on any atom is 0.425 e. The quantitative estimate of drug-likeness (QED) is 0.626. The Balaban J connectivity index is 1.34. The molecule has 0 spiro atoms. The maximum absolute atomic E-state index is 13.2. The number of ether oxygens (including phenoxy) is 1. The van der Waals surface area contributed by atoms with Gasteiger partial charge in [-0.1, -0.05) is 30.3 Å². The number of rotatable bonds is 5. The van der Waals surface area contributed by atoms with E-state index in [9.17, 15) is 14.4 Å². The zero-order chi connectivity index (χ0) is 23.5. The predicted molar refractivity (Wildman–Crippen MR) is 125 cm³/mol. The summed E-state index contributed by atoms with van der Waals surface area (Å²) in [6, 6.07) is 12.5. The molecule has 0 unspecified atom stereocenters.